The van der Waals surface area contributed by atoms with Gasteiger partial charge in [0, 0.05) is 6.04 Å². The van der Waals surface area contributed by atoms with E-state index in [1.807, 2.05) is 48.5 Å². The molecule has 0 radical (unpaired) electrons. The molecular formula is C21H16Cl2N8. The summed E-state index contributed by atoms with van der Waals surface area (Å²) in [5, 5.41) is 11.1. The van der Waals surface area contributed by atoms with Gasteiger partial charge in [0.05, 0.1) is 33.4 Å². The Hall–Kier alpha value is -3.04. The summed E-state index contributed by atoms with van der Waals surface area (Å²) in [6, 6.07) is 15.6. The normalized spacial score (nSPS) is 18.9. The lowest BCUT2D eigenvalue weighted by atomic mass is 10.0. The smallest absolute Gasteiger partial charge is 0.170 e. The molecule has 2 N–H and O–H groups in total. The SMILES string of the molecule is Clc1ccc(C2CC(c3nc4c5cnn(-c6ccccc6)c5ncn4n3)NN2)cc1Cl. The van der Waals surface area contributed by atoms with Crippen molar-refractivity contribution in [2.24, 2.45) is 0 Å². The highest BCUT2D eigenvalue weighted by molar-refractivity contribution is 6.42. The van der Waals surface area contributed by atoms with Crippen LogP contribution in [0.15, 0.2) is 61.1 Å². The molecule has 1 aliphatic heterocycles. The lowest BCUT2D eigenvalue weighted by Gasteiger charge is -2.10. The predicted molar refractivity (Wildman–Crippen MR) is 118 cm³/mol. The Kier molecular flexibility index (Phi) is 4.39. The first-order chi connectivity index (χ1) is 15.2. The summed E-state index contributed by atoms with van der Waals surface area (Å²) in [6.07, 6.45) is 4.23. The second-order valence-corrected chi connectivity index (χ2v) is 8.23. The van der Waals surface area contributed by atoms with E-state index >= 15 is 0 Å². The maximum atomic E-state index is 6.18. The van der Waals surface area contributed by atoms with E-state index in [2.05, 4.69) is 26.0 Å². The second-order valence-electron chi connectivity index (χ2n) is 7.42. The van der Waals surface area contributed by atoms with Crippen molar-refractivity contribution < 1.29 is 0 Å². The van der Waals surface area contributed by atoms with Gasteiger partial charge in [0.2, 0.25) is 0 Å². The van der Waals surface area contributed by atoms with E-state index in [0.29, 0.717) is 15.9 Å². The summed E-state index contributed by atoms with van der Waals surface area (Å²) < 4.78 is 3.50. The molecule has 10 heteroatoms. The number of para-hydroxylation sites is 1. The number of hydrogen-bond donors (Lipinski definition) is 2. The highest BCUT2D eigenvalue weighted by Crippen LogP contribution is 2.33. The third-order valence-electron chi connectivity index (χ3n) is 5.48. The zero-order chi connectivity index (χ0) is 20.9. The molecule has 1 saturated heterocycles. The molecule has 31 heavy (non-hydrogen) atoms. The first-order valence-electron chi connectivity index (χ1n) is 9.78. The number of aromatic nitrogens is 6. The largest absolute Gasteiger partial charge is 0.250 e. The minimum Gasteiger partial charge on any atom is -0.250 e. The summed E-state index contributed by atoms with van der Waals surface area (Å²) in [6.45, 7) is 0. The molecule has 4 heterocycles. The Morgan fingerprint density at radius 3 is 2.61 bits per heavy atom. The fourth-order valence-corrected chi connectivity index (χ4v) is 4.22. The Morgan fingerprint density at radius 2 is 1.77 bits per heavy atom. The molecule has 0 aliphatic carbocycles. The van der Waals surface area contributed by atoms with Crippen LogP contribution in [-0.2, 0) is 0 Å². The van der Waals surface area contributed by atoms with Crippen molar-refractivity contribution in [2.75, 3.05) is 0 Å². The van der Waals surface area contributed by atoms with E-state index in [4.69, 9.17) is 28.2 Å². The highest BCUT2D eigenvalue weighted by atomic mass is 35.5. The predicted octanol–water partition coefficient (Wildman–Crippen LogP) is 4.05. The first-order valence-corrected chi connectivity index (χ1v) is 10.5. The quantitative estimate of drug-likeness (QED) is 0.431. The van der Waals surface area contributed by atoms with Crippen molar-refractivity contribution in [3.05, 3.63) is 82.5 Å². The molecule has 0 bridgehead atoms. The van der Waals surface area contributed by atoms with Gasteiger partial charge in [0.1, 0.15) is 6.33 Å². The monoisotopic (exact) mass is 450 g/mol. The van der Waals surface area contributed by atoms with E-state index < -0.39 is 0 Å². The van der Waals surface area contributed by atoms with Gasteiger partial charge in [-0.2, -0.15) is 5.10 Å². The van der Waals surface area contributed by atoms with Crippen LogP contribution in [0.5, 0.6) is 0 Å². The summed E-state index contributed by atoms with van der Waals surface area (Å²) >= 11 is 12.2. The molecule has 2 aromatic carbocycles. The molecule has 2 atom stereocenters. The van der Waals surface area contributed by atoms with Crippen molar-refractivity contribution in [3.63, 3.8) is 0 Å². The number of benzene rings is 2. The topological polar surface area (TPSA) is 85.0 Å². The number of halogens is 2. The van der Waals surface area contributed by atoms with Crippen molar-refractivity contribution >= 4 is 39.9 Å². The van der Waals surface area contributed by atoms with Crippen LogP contribution >= 0.6 is 23.2 Å². The van der Waals surface area contributed by atoms with Crippen molar-refractivity contribution in [2.45, 2.75) is 18.5 Å². The third kappa shape index (κ3) is 3.16. The average Bonchev–Trinajstić information content (AvgIpc) is 3.53. The third-order valence-corrected chi connectivity index (χ3v) is 6.22. The van der Waals surface area contributed by atoms with Crippen LogP contribution < -0.4 is 10.9 Å². The zero-order valence-electron chi connectivity index (χ0n) is 16.1. The van der Waals surface area contributed by atoms with Crippen molar-refractivity contribution in [1.82, 2.24) is 40.2 Å². The molecule has 1 fully saturated rings. The summed E-state index contributed by atoms with van der Waals surface area (Å²) in [5.41, 5.74) is 10.1. The molecule has 1 aliphatic rings. The van der Waals surface area contributed by atoms with E-state index in [9.17, 15) is 0 Å². The summed E-state index contributed by atoms with van der Waals surface area (Å²) in [7, 11) is 0. The Balaban J connectivity index is 1.33. The molecule has 0 spiro atoms. The van der Waals surface area contributed by atoms with Crippen LogP contribution in [0.3, 0.4) is 0 Å². The molecule has 0 amide bonds. The van der Waals surface area contributed by atoms with Gasteiger partial charge in [-0.05, 0) is 36.2 Å². The van der Waals surface area contributed by atoms with Crippen LogP contribution in [0.1, 0.15) is 29.9 Å². The van der Waals surface area contributed by atoms with E-state index in [0.717, 1.165) is 34.4 Å². The van der Waals surface area contributed by atoms with Gasteiger partial charge in [-0.25, -0.2) is 30.0 Å². The van der Waals surface area contributed by atoms with Crippen LogP contribution in [-0.4, -0.2) is 29.4 Å². The molecule has 2 unspecified atom stereocenters. The van der Waals surface area contributed by atoms with Gasteiger partial charge >= 0.3 is 0 Å². The first kappa shape index (κ1) is 18.7. The molecule has 5 aromatic rings. The highest BCUT2D eigenvalue weighted by Gasteiger charge is 2.30. The second kappa shape index (κ2) is 7.28. The molecule has 3 aromatic heterocycles. The van der Waals surface area contributed by atoms with Gasteiger partial charge in [0.15, 0.2) is 17.1 Å². The van der Waals surface area contributed by atoms with Gasteiger partial charge in [-0.3, -0.25) is 0 Å². The standard InChI is InChI=1S/C21H16Cl2N8/c22-15-7-6-12(8-16(15)23)17-9-18(28-27-17)19-26-21-14-10-25-31(13-4-2-1-3-5-13)20(14)24-11-30(21)29-19/h1-8,10-11,17-18,27-28H,9H2. The van der Waals surface area contributed by atoms with Crippen molar-refractivity contribution in [3.8, 4) is 5.69 Å². The van der Waals surface area contributed by atoms with E-state index in [1.165, 1.54) is 0 Å². The minimum absolute atomic E-state index is 0.0569. The van der Waals surface area contributed by atoms with Crippen LogP contribution in [0.2, 0.25) is 10.0 Å². The summed E-state index contributed by atoms with van der Waals surface area (Å²) in [4.78, 5) is 9.36. The number of fused-ring (bicyclic) bond motifs is 3. The Morgan fingerprint density at radius 1 is 0.935 bits per heavy atom. The van der Waals surface area contributed by atoms with Crippen LogP contribution in [0.25, 0.3) is 22.4 Å². The number of rotatable bonds is 3. The molecular weight excluding hydrogens is 435 g/mol. The molecule has 6 rings (SSSR count). The zero-order valence-corrected chi connectivity index (χ0v) is 17.6. The number of nitrogens with zero attached hydrogens (tertiary/aromatic N) is 6. The lowest BCUT2D eigenvalue weighted by Crippen LogP contribution is -2.27. The number of hydrazine groups is 1. The van der Waals surface area contributed by atoms with E-state index in [-0.39, 0.29) is 12.1 Å². The van der Waals surface area contributed by atoms with Gasteiger partial charge in [-0.15, -0.1) is 5.10 Å². The van der Waals surface area contributed by atoms with Gasteiger partial charge in [0.25, 0.3) is 0 Å². The maximum Gasteiger partial charge on any atom is 0.170 e. The summed E-state index contributed by atoms with van der Waals surface area (Å²) in [5.74, 6) is 0.692. The van der Waals surface area contributed by atoms with E-state index in [1.54, 1.807) is 21.7 Å². The minimum atomic E-state index is -0.0569. The van der Waals surface area contributed by atoms with Gasteiger partial charge < -0.3 is 0 Å². The average molecular weight is 451 g/mol. The fourth-order valence-electron chi connectivity index (χ4n) is 3.92. The Bertz CT molecular complexity index is 1410. The lowest BCUT2D eigenvalue weighted by molar-refractivity contribution is 0.540. The molecule has 154 valence electrons. The molecule has 8 nitrogen and oxygen atoms in total. The van der Waals surface area contributed by atoms with Crippen LogP contribution in [0.4, 0.5) is 0 Å². The Labute approximate surface area is 186 Å². The van der Waals surface area contributed by atoms with Crippen molar-refractivity contribution in [1.29, 1.82) is 0 Å². The van der Waals surface area contributed by atoms with Gasteiger partial charge in [-0.1, -0.05) is 47.5 Å². The molecule has 0 saturated carbocycles. The van der Waals surface area contributed by atoms with Crippen LogP contribution in [0, 0.1) is 0 Å². The fraction of sp³-hybridized carbons (Fsp3) is 0.143. The number of nitrogens with one attached hydrogen (secondary N) is 2. The maximum absolute atomic E-state index is 6.18. The number of hydrogen-bond acceptors (Lipinski definition) is 6.